The molecule has 0 aliphatic heterocycles. The molecule has 7 nitrogen and oxygen atoms in total. The summed E-state index contributed by atoms with van der Waals surface area (Å²) < 4.78 is 20.4. The summed E-state index contributed by atoms with van der Waals surface area (Å²) >= 11 is 11.7. The van der Waals surface area contributed by atoms with Gasteiger partial charge in [0.2, 0.25) is 0 Å². The van der Waals surface area contributed by atoms with Gasteiger partial charge in [0.25, 0.3) is 0 Å². The fourth-order valence-corrected chi connectivity index (χ4v) is 2.47. The lowest BCUT2D eigenvalue weighted by atomic mass is 10.2. The summed E-state index contributed by atoms with van der Waals surface area (Å²) in [5.74, 6) is -1.81. The normalized spacial score (nSPS) is 10.5. The highest BCUT2D eigenvalue weighted by Crippen LogP contribution is 2.13. The predicted molar refractivity (Wildman–Crippen MR) is 105 cm³/mol. The van der Waals surface area contributed by atoms with Crippen LogP contribution in [-0.2, 0) is 23.7 Å². The van der Waals surface area contributed by atoms with Crippen molar-refractivity contribution in [2.45, 2.75) is 13.0 Å². The fourth-order valence-electron chi connectivity index (χ4n) is 2.09. The molecular formula is C20H18Cl2O7. The topological polar surface area (TPSA) is 88.1 Å². The molecule has 0 unspecified atom stereocenters. The lowest BCUT2D eigenvalue weighted by Crippen LogP contribution is -2.29. The lowest BCUT2D eigenvalue weighted by Gasteiger charge is -2.18. The second-order valence-electron chi connectivity index (χ2n) is 5.76. The summed E-state index contributed by atoms with van der Waals surface area (Å²) in [5, 5.41) is 0.773. The van der Waals surface area contributed by atoms with E-state index in [0.29, 0.717) is 10.0 Å². The van der Waals surface area contributed by atoms with Crippen LogP contribution in [0.15, 0.2) is 48.5 Å². The Labute approximate surface area is 177 Å². The Morgan fingerprint density at radius 2 is 1.31 bits per heavy atom. The summed E-state index contributed by atoms with van der Waals surface area (Å²) in [6.07, 6.45) is -0.861. The molecular weight excluding hydrogens is 423 g/mol. The smallest absolute Gasteiger partial charge is 0.338 e. The molecule has 0 saturated heterocycles. The van der Waals surface area contributed by atoms with Gasteiger partial charge < -0.3 is 18.9 Å². The maximum absolute atomic E-state index is 12.1. The molecule has 0 fully saturated rings. The van der Waals surface area contributed by atoms with Crippen molar-refractivity contribution in [3.8, 4) is 0 Å². The molecule has 0 aliphatic carbocycles. The molecule has 2 aromatic carbocycles. The van der Waals surface area contributed by atoms with Gasteiger partial charge in [0.05, 0.1) is 11.1 Å². The third-order valence-corrected chi connectivity index (χ3v) is 3.96. The van der Waals surface area contributed by atoms with E-state index in [0.717, 1.165) is 0 Å². The molecule has 9 heteroatoms. The van der Waals surface area contributed by atoms with Crippen molar-refractivity contribution >= 4 is 41.1 Å². The first kappa shape index (κ1) is 22.7. The molecule has 0 bridgehead atoms. The van der Waals surface area contributed by atoms with Gasteiger partial charge in [0.15, 0.2) is 6.79 Å². The van der Waals surface area contributed by atoms with Gasteiger partial charge in [-0.05, 0) is 36.4 Å². The van der Waals surface area contributed by atoms with Crippen LogP contribution in [0, 0.1) is 0 Å². The maximum Gasteiger partial charge on any atom is 0.338 e. The number of hydrogen-bond acceptors (Lipinski definition) is 7. The Balaban J connectivity index is 1.93. The minimum atomic E-state index is -0.861. The molecule has 0 N–H and O–H groups in total. The molecule has 0 spiro atoms. The SMILES string of the molecule is CC(=O)OCOC(COC(=O)c1cccc(Cl)c1)COC(=O)c1cccc(Cl)c1. The van der Waals surface area contributed by atoms with Crippen LogP contribution in [0.2, 0.25) is 10.0 Å². The Bertz CT molecular complexity index is 808. The third-order valence-electron chi connectivity index (χ3n) is 3.49. The van der Waals surface area contributed by atoms with Gasteiger partial charge in [-0.25, -0.2) is 9.59 Å². The summed E-state index contributed by atoms with van der Waals surface area (Å²) in [7, 11) is 0. The van der Waals surface area contributed by atoms with E-state index in [2.05, 4.69) is 0 Å². The Kier molecular flexibility index (Phi) is 8.92. The summed E-state index contributed by atoms with van der Waals surface area (Å²) in [4.78, 5) is 35.2. The molecule has 0 heterocycles. The van der Waals surface area contributed by atoms with Crippen molar-refractivity contribution in [2.75, 3.05) is 20.0 Å². The zero-order valence-corrected chi connectivity index (χ0v) is 16.9. The van der Waals surface area contributed by atoms with Gasteiger partial charge in [-0.15, -0.1) is 0 Å². The van der Waals surface area contributed by atoms with Gasteiger partial charge in [0.1, 0.15) is 19.3 Å². The first-order valence-corrected chi connectivity index (χ1v) is 9.21. The largest absolute Gasteiger partial charge is 0.459 e. The first-order valence-electron chi connectivity index (χ1n) is 8.45. The van der Waals surface area contributed by atoms with Gasteiger partial charge in [-0.2, -0.15) is 0 Å². The minimum Gasteiger partial charge on any atom is -0.459 e. The van der Waals surface area contributed by atoms with Gasteiger partial charge >= 0.3 is 17.9 Å². The molecule has 0 aliphatic rings. The summed E-state index contributed by atoms with van der Waals surface area (Å²) in [5.41, 5.74) is 0.513. The molecule has 0 saturated carbocycles. The molecule has 0 amide bonds. The van der Waals surface area contributed by atoms with Crippen molar-refractivity contribution < 1.29 is 33.3 Å². The van der Waals surface area contributed by atoms with Crippen molar-refractivity contribution in [3.63, 3.8) is 0 Å². The molecule has 0 atom stereocenters. The van der Waals surface area contributed by atoms with E-state index in [1.54, 1.807) is 36.4 Å². The number of carbonyl (C=O) groups excluding carboxylic acids is 3. The van der Waals surface area contributed by atoms with Gasteiger partial charge in [-0.3, -0.25) is 4.79 Å². The van der Waals surface area contributed by atoms with Crippen LogP contribution in [0.4, 0.5) is 0 Å². The molecule has 0 radical (unpaired) electrons. The second-order valence-corrected chi connectivity index (χ2v) is 6.63. The minimum absolute atomic E-state index is 0.241. The van der Waals surface area contributed by atoms with Crippen LogP contribution in [0.5, 0.6) is 0 Å². The molecule has 0 aromatic heterocycles. The van der Waals surface area contributed by atoms with Crippen molar-refractivity contribution in [1.82, 2.24) is 0 Å². The Hall–Kier alpha value is -2.61. The van der Waals surface area contributed by atoms with E-state index in [-0.39, 0.29) is 31.1 Å². The Morgan fingerprint density at radius 3 is 1.72 bits per heavy atom. The van der Waals surface area contributed by atoms with E-state index in [1.807, 2.05) is 0 Å². The maximum atomic E-state index is 12.1. The number of esters is 3. The number of halogens is 2. The third kappa shape index (κ3) is 8.11. The second kappa shape index (κ2) is 11.4. The molecule has 154 valence electrons. The number of carbonyl (C=O) groups is 3. The fraction of sp³-hybridized carbons (Fsp3) is 0.250. The van der Waals surface area contributed by atoms with E-state index >= 15 is 0 Å². The highest BCUT2D eigenvalue weighted by molar-refractivity contribution is 6.31. The highest BCUT2D eigenvalue weighted by Gasteiger charge is 2.18. The van der Waals surface area contributed by atoms with E-state index in [9.17, 15) is 14.4 Å². The van der Waals surface area contributed by atoms with Crippen molar-refractivity contribution in [1.29, 1.82) is 0 Å². The van der Waals surface area contributed by atoms with Crippen LogP contribution < -0.4 is 0 Å². The van der Waals surface area contributed by atoms with E-state index < -0.39 is 24.0 Å². The van der Waals surface area contributed by atoms with Gasteiger partial charge in [0, 0.05) is 17.0 Å². The number of ether oxygens (including phenoxy) is 4. The molecule has 2 aromatic rings. The molecule has 29 heavy (non-hydrogen) atoms. The van der Waals surface area contributed by atoms with Crippen LogP contribution in [0.1, 0.15) is 27.6 Å². The van der Waals surface area contributed by atoms with Crippen LogP contribution >= 0.6 is 23.2 Å². The van der Waals surface area contributed by atoms with Crippen LogP contribution in [0.25, 0.3) is 0 Å². The van der Waals surface area contributed by atoms with Crippen LogP contribution in [0.3, 0.4) is 0 Å². The average Bonchev–Trinajstić information content (AvgIpc) is 2.68. The zero-order chi connectivity index (χ0) is 21.2. The number of rotatable bonds is 9. The summed E-state index contributed by atoms with van der Waals surface area (Å²) in [6.45, 7) is 0.352. The first-order chi connectivity index (χ1) is 13.8. The van der Waals surface area contributed by atoms with Crippen molar-refractivity contribution in [2.24, 2.45) is 0 Å². The lowest BCUT2D eigenvalue weighted by molar-refractivity contribution is -0.162. The van der Waals surface area contributed by atoms with Crippen LogP contribution in [-0.4, -0.2) is 44.0 Å². The zero-order valence-electron chi connectivity index (χ0n) is 15.4. The standard InChI is InChI=1S/C20H18Cl2O7/c1-13(23)28-12-29-18(10-26-19(24)14-4-2-6-16(21)8-14)11-27-20(25)15-5-3-7-17(22)9-15/h2-9,18H,10-12H2,1H3. The monoisotopic (exact) mass is 440 g/mol. The summed E-state index contributed by atoms with van der Waals surface area (Å²) in [6, 6.07) is 12.5. The highest BCUT2D eigenvalue weighted by atomic mass is 35.5. The van der Waals surface area contributed by atoms with Crippen molar-refractivity contribution in [3.05, 3.63) is 69.7 Å². The van der Waals surface area contributed by atoms with E-state index in [1.165, 1.54) is 19.1 Å². The Morgan fingerprint density at radius 1 is 0.828 bits per heavy atom. The average molecular weight is 441 g/mol. The number of hydrogen-bond donors (Lipinski definition) is 0. The quantitative estimate of drug-likeness (QED) is 0.331. The predicted octanol–water partition coefficient (Wildman–Crippen LogP) is 3.91. The number of benzene rings is 2. The van der Waals surface area contributed by atoms with Gasteiger partial charge in [-0.1, -0.05) is 35.3 Å². The van der Waals surface area contributed by atoms with E-state index in [4.69, 9.17) is 42.1 Å². The molecule has 2 rings (SSSR count).